The van der Waals surface area contributed by atoms with Crippen LogP contribution >= 0.6 is 0 Å². The molecule has 19 heavy (non-hydrogen) atoms. The van der Waals surface area contributed by atoms with Gasteiger partial charge in [-0.15, -0.1) is 0 Å². The Labute approximate surface area is 115 Å². The van der Waals surface area contributed by atoms with Gasteiger partial charge in [0.05, 0.1) is 6.42 Å². The molecule has 2 rings (SSSR count). The molecule has 0 spiro atoms. The van der Waals surface area contributed by atoms with Gasteiger partial charge in [0.2, 0.25) is 5.91 Å². The first-order valence-electron chi connectivity index (χ1n) is 7.27. The van der Waals surface area contributed by atoms with Gasteiger partial charge in [0, 0.05) is 18.8 Å². The van der Waals surface area contributed by atoms with Crippen molar-refractivity contribution in [2.75, 3.05) is 12.8 Å². The molecule has 1 amide bonds. The summed E-state index contributed by atoms with van der Waals surface area (Å²) in [5.41, 5.74) is 7.55. The Morgan fingerprint density at radius 1 is 1.21 bits per heavy atom. The molecule has 0 radical (unpaired) electrons. The fourth-order valence-electron chi connectivity index (χ4n) is 2.83. The van der Waals surface area contributed by atoms with E-state index in [0.29, 0.717) is 18.2 Å². The third kappa shape index (κ3) is 3.72. The maximum absolute atomic E-state index is 12.3. The zero-order chi connectivity index (χ0) is 13.7. The van der Waals surface area contributed by atoms with Crippen LogP contribution in [0.2, 0.25) is 0 Å². The molecule has 1 aromatic rings. The molecule has 0 aromatic heterocycles. The summed E-state index contributed by atoms with van der Waals surface area (Å²) in [6, 6.07) is 8.05. The molecule has 3 heteroatoms. The molecule has 0 atom stereocenters. The van der Waals surface area contributed by atoms with Crippen molar-refractivity contribution in [3.8, 4) is 0 Å². The normalized spacial score (nSPS) is 16.9. The number of carbonyl (C=O) groups is 1. The maximum Gasteiger partial charge on any atom is 0.227 e. The molecule has 1 saturated carbocycles. The summed E-state index contributed by atoms with van der Waals surface area (Å²) in [7, 11) is 1.94. The predicted octanol–water partition coefficient (Wildman–Crippen LogP) is 2.99. The van der Waals surface area contributed by atoms with Crippen LogP contribution < -0.4 is 5.73 Å². The van der Waals surface area contributed by atoms with Crippen LogP contribution in [0, 0.1) is 0 Å². The number of anilines is 1. The van der Waals surface area contributed by atoms with Gasteiger partial charge >= 0.3 is 0 Å². The maximum atomic E-state index is 12.3. The Bertz CT molecular complexity index is 423. The molecule has 0 aliphatic heterocycles. The highest BCUT2D eigenvalue weighted by atomic mass is 16.2. The van der Waals surface area contributed by atoms with Crippen LogP contribution in [0.15, 0.2) is 24.3 Å². The van der Waals surface area contributed by atoms with Gasteiger partial charge in [0.1, 0.15) is 0 Å². The molecule has 1 aliphatic rings. The Hall–Kier alpha value is -1.51. The first-order valence-corrected chi connectivity index (χ1v) is 7.27. The molecule has 3 nitrogen and oxygen atoms in total. The zero-order valence-electron chi connectivity index (χ0n) is 11.8. The summed E-state index contributed by atoms with van der Waals surface area (Å²) < 4.78 is 0. The van der Waals surface area contributed by atoms with Crippen molar-refractivity contribution >= 4 is 11.6 Å². The van der Waals surface area contributed by atoms with Crippen LogP contribution in [-0.2, 0) is 11.2 Å². The topological polar surface area (TPSA) is 46.3 Å². The molecular formula is C16H24N2O. The number of amides is 1. The number of hydrogen-bond acceptors (Lipinski definition) is 2. The van der Waals surface area contributed by atoms with E-state index >= 15 is 0 Å². The first-order chi connectivity index (χ1) is 9.18. The van der Waals surface area contributed by atoms with Gasteiger partial charge in [-0.25, -0.2) is 0 Å². The molecule has 2 N–H and O–H groups in total. The molecule has 0 heterocycles. The second-order valence-corrected chi connectivity index (χ2v) is 5.53. The zero-order valence-corrected chi connectivity index (χ0v) is 11.8. The minimum absolute atomic E-state index is 0.185. The van der Waals surface area contributed by atoms with Gasteiger partial charge in [-0.05, 0) is 24.5 Å². The minimum Gasteiger partial charge on any atom is -0.398 e. The van der Waals surface area contributed by atoms with Crippen LogP contribution in [0.3, 0.4) is 0 Å². The van der Waals surface area contributed by atoms with E-state index < -0.39 is 0 Å². The average Bonchev–Trinajstić information content (AvgIpc) is 2.69. The number of nitrogens with zero attached hydrogens (tertiary/aromatic N) is 1. The Morgan fingerprint density at radius 2 is 1.84 bits per heavy atom. The molecule has 1 fully saturated rings. The van der Waals surface area contributed by atoms with E-state index in [9.17, 15) is 4.79 Å². The smallest absolute Gasteiger partial charge is 0.227 e. The number of rotatable bonds is 3. The van der Waals surface area contributed by atoms with Crippen molar-refractivity contribution in [2.24, 2.45) is 0 Å². The van der Waals surface area contributed by atoms with Crippen molar-refractivity contribution in [1.29, 1.82) is 0 Å². The van der Waals surface area contributed by atoms with Crippen molar-refractivity contribution in [3.63, 3.8) is 0 Å². The first kappa shape index (κ1) is 13.9. The number of carbonyl (C=O) groups excluding carboxylic acids is 1. The molecule has 1 aromatic carbocycles. The van der Waals surface area contributed by atoms with Crippen LogP contribution in [0.5, 0.6) is 0 Å². The highest BCUT2D eigenvalue weighted by Gasteiger charge is 2.21. The van der Waals surface area contributed by atoms with Crippen LogP contribution in [0.4, 0.5) is 5.69 Å². The highest BCUT2D eigenvalue weighted by molar-refractivity contribution is 5.80. The lowest BCUT2D eigenvalue weighted by atomic mass is 10.1. The molecule has 0 saturated heterocycles. The Kier molecular flexibility index (Phi) is 4.83. The fraction of sp³-hybridized carbons (Fsp3) is 0.562. The molecule has 0 unspecified atom stereocenters. The van der Waals surface area contributed by atoms with Gasteiger partial charge in [0.15, 0.2) is 0 Å². The van der Waals surface area contributed by atoms with Gasteiger partial charge < -0.3 is 10.6 Å². The predicted molar refractivity (Wildman–Crippen MR) is 78.8 cm³/mol. The molecule has 104 valence electrons. The Balaban J connectivity index is 1.97. The van der Waals surface area contributed by atoms with Gasteiger partial charge in [-0.1, -0.05) is 43.9 Å². The number of benzene rings is 1. The van der Waals surface area contributed by atoms with Crippen molar-refractivity contribution in [3.05, 3.63) is 29.8 Å². The van der Waals surface area contributed by atoms with Crippen LogP contribution in [0.1, 0.15) is 44.1 Å². The van der Waals surface area contributed by atoms with Crippen LogP contribution in [-0.4, -0.2) is 23.9 Å². The van der Waals surface area contributed by atoms with Crippen molar-refractivity contribution in [1.82, 2.24) is 4.90 Å². The number of nitrogen functional groups attached to an aromatic ring is 1. The second kappa shape index (κ2) is 6.60. The molecule has 0 bridgehead atoms. The fourth-order valence-corrected chi connectivity index (χ4v) is 2.83. The lowest BCUT2D eigenvalue weighted by Gasteiger charge is -2.27. The van der Waals surface area contributed by atoms with Crippen LogP contribution in [0.25, 0.3) is 0 Å². The summed E-state index contributed by atoms with van der Waals surface area (Å²) in [5, 5.41) is 0. The largest absolute Gasteiger partial charge is 0.398 e. The minimum atomic E-state index is 0.185. The van der Waals surface area contributed by atoms with E-state index in [1.165, 1.54) is 25.7 Å². The van der Waals surface area contributed by atoms with Gasteiger partial charge in [-0.2, -0.15) is 0 Å². The lowest BCUT2D eigenvalue weighted by Crippen LogP contribution is -2.37. The van der Waals surface area contributed by atoms with Gasteiger partial charge in [0.25, 0.3) is 0 Å². The van der Waals surface area contributed by atoms with Gasteiger partial charge in [-0.3, -0.25) is 4.79 Å². The van der Waals surface area contributed by atoms with E-state index in [1.807, 2.05) is 36.2 Å². The number of nitrogens with two attached hydrogens (primary N) is 1. The SMILES string of the molecule is CN(C(=O)Cc1ccccc1N)C1CCCCCC1. The summed E-state index contributed by atoms with van der Waals surface area (Å²) in [6.07, 6.45) is 7.82. The summed E-state index contributed by atoms with van der Waals surface area (Å²) in [4.78, 5) is 14.3. The van der Waals surface area contributed by atoms with E-state index in [4.69, 9.17) is 5.73 Å². The summed E-state index contributed by atoms with van der Waals surface area (Å²) in [5.74, 6) is 0.185. The molecule has 1 aliphatic carbocycles. The lowest BCUT2D eigenvalue weighted by molar-refractivity contribution is -0.131. The number of likely N-dealkylation sites (N-methyl/N-ethyl adjacent to an activating group) is 1. The van der Waals surface area contributed by atoms with Crippen molar-refractivity contribution in [2.45, 2.75) is 51.0 Å². The standard InChI is InChI=1S/C16H24N2O/c1-18(14-9-4-2-3-5-10-14)16(19)12-13-8-6-7-11-15(13)17/h6-8,11,14H,2-5,9-10,12,17H2,1H3. The summed E-state index contributed by atoms with van der Waals surface area (Å²) in [6.45, 7) is 0. The van der Waals surface area contributed by atoms with E-state index in [1.54, 1.807) is 0 Å². The average molecular weight is 260 g/mol. The number of para-hydroxylation sites is 1. The highest BCUT2D eigenvalue weighted by Crippen LogP contribution is 2.22. The third-order valence-corrected chi connectivity index (χ3v) is 4.16. The number of hydrogen-bond donors (Lipinski definition) is 1. The van der Waals surface area contributed by atoms with Crippen molar-refractivity contribution < 1.29 is 4.79 Å². The Morgan fingerprint density at radius 3 is 2.47 bits per heavy atom. The quantitative estimate of drug-likeness (QED) is 0.671. The van der Waals surface area contributed by atoms with E-state index in [0.717, 1.165) is 18.4 Å². The second-order valence-electron chi connectivity index (χ2n) is 5.53. The van der Waals surface area contributed by atoms with E-state index in [-0.39, 0.29) is 5.91 Å². The monoisotopic (exact) mass is 260 g/mol. The molecular weight excluding hydrogens is 236 g/mol. The summed E-state index contributed by atoms with van der Waals surface area (Å²) >= 11 is 0. The van der Waals surface area contributed by atoms with E-state index in [2.05, 4.69) is 0 Å². The third-order valence-electron chi connectivity index (χ3n) is 4.16.